The molecule has 0 spiro atoms. The summed E-state index contributed by atoms with van der Waals surface area (Å²) in [5.74, 6) is -0.137. The second-order valence-electron chi connectivity index (χ2n) is 9.26. The van der Waals surface area contributed by atoms with Gasteiger partial charge >= 0.3 is 0 Å². The third kappa shape index (κ3) is 5.71. The average molecular weight is 495 g/mol. The van der Waals surface area contributed by atoms with Gasteiger partial charge in [0, 0.05) is 31.7 Å². The summed E-state index contributed by atoms with van der Waals surface area (Å²) in [4.78, 5) is 30.3. The number of hydrogen-bond acceptors (Lipinski definition) is 7. The van der Waals surface area contributed by atoms with Crippen molar-refractivity contribution in [2.45, 2.75) is 32.4 Å². The fourth-order valence-electron chi connectivity index (χ4n) is 4.65. The number of carbonyl (C=O) groups is 2. The Morgan fingerprint density at radius 1 is 1.00 bits per heavy atom. The van der Waals surface area contributed by atoms with Crippen LogP contribution in [0.3, 0.4) is 0 Å². The number of likely N-dealkylation sites (tertiary alicyclic amines) is 1. The monoisotopic (exact) mass is 494 g/mol. The van der Waals surface area contributed by atoms with Crippen molar-refractivity contribution in [3.8, 4) is 11.5 Å². The van der Waals surface area contributed by atoms with Gasteiger partial charge in [-0.05, 0) is 62.2 Å². The number of carbonyl (C=O) groups excluding carboxylic acids is 2. The molecule has 0 aliphatic carbocycles. The Kier molecular flexibility index (Phi) is 8.28. The highest BCUT2D eigenvalue weighted by Crippen LogP contribution is 2.40. The van der Waals surface area contributed by atoms with Gasteiger partial charge in [-0.1, -0.05) is 12.1 Å². The van der Waals surface area contributed by atoms with Crippen molar-refractivity contribution >= 4 is 17.4 Å². The number of nitrogens with zero attached hydrogens (tertiary/aromatic N) is 2. The van der Waals surface area contributed by atoms with E-state index in [1.54, 1.807) is 36.3 Å². The molecule has 0 saturated carbocycles. The van der Waals surface area contributed by atoms with Gasteiger partial charge in [-0.15, -0.1) is 0 Å². The van der Waals surface area contributed by atoms with Gasteiger partial charge < -0.3 is 24.2 Å². The minimum absolute atomic E-state index is 0.0248. The molecule has 2 fully saturated rings. The molecular formula is C28H34N2O6. The first-order valence-electron chi connectivity index (χ1n) is 12.4. The van der Waals surface area contributed by atoms with E-state index in [2.05, 4.69) is 4.90 Å². The molecule has 0 bridgehead atoms. The fourth-order valence-corrected chi connectivity index (χ4v) is 4.65. The van der Waals surface area contributed by atoms with E-state index in [1.807, 2.05) is 38.1 Å². The number of hydrogen-bond donors (Lipinski definition) is 1. The van der Waals surface area contributed by atoms with Crippen molar-refractivity contribution in [2.75, 3.05) is 46.5 Å². The van der Waals surface area contributed by atoms with Gasteiger partial charge in [-0.25, -0.2) is 0 Å². The Morgan fingerprint density at radius 3 is 2.25 bits per heavy atom. The van der Waals surface area contributed by atoms with Crippen LogP contribution in [0.15, 0.2) is 54.1 Å². The molecule has 2 aromatic rings. The molecule has 36 heavy (non-hydrogen) atoms. The molecule has 1 atom stereocenters. The van der Waals surface area contributed by atoms with E-state index in [9.17, 15) is 14.7 Å². The van der Waals surface area contributed by atoms with Crippen LogP contribution in [0.1, 0.15) is 37.4 Å². The van der Waals surface area contributed by atoms with Crippen LogP contribution in [0.4, 0.5) is 0 Å². The van der Waals surface area contributed by atoms with Gasteiger partial charge in [0.05, 0.1) is 38.0 Å². The van der Waals surface area contributed by atoms with Gasteiger partial charge in [0.2, 0.25) is 0 Å². The number of aliphatic hydroxyl groups excluding tert-OH is 1. The number of rotatable bonds is 9. The lowest BCUT2D eigenvalue weighted by molar-refractivity contribution is -0.140. The molecule has 2 saturated heterocycles. The number of methoxy groups -OCH3 is 1. The van der Waals surface area contributed by atoms with Crippen LogP contribution in [0, 0.1) is 0 Å². The molecule has 1 N–H and O–H groups in total. The van der Waals surface area contributed by atoms with Gasteiger partial charge in [-0.3, -0.25) is 14.5 Å². The smallest absolute Gasteiger partial charge is 0.295 e. The lowest BCUT2D eigenvalue weighted by Gasteiger charge is -2.29. The zero-order chi connectivity index (χ0) is 25.7. The van der Waals surface area contributed by atoms with Crippen LogP contribution < -0.4 is 9.47 Å². The van der Waals surface area contributed by atoms with Crippen LogP contribution in [0.25, 0.3) is 5.76 Å². The lowest BCUT2D eigenvalue weighted by Crippen LogP contribution is -2.38. The van der Waals surface area contributed by atoms with E-state index < -0.39 is 17.7 Å². The highest BCUT2D eigenvalue weighted by molar-refractivity contribution is 6.46. The number of morpholine rings is 1. The third-order valence-electron chi connectivity index (χ3n) is 6.45. The molecule has 0 unspecified atom stereocenters. The number of Topliss-reactive ketones (excluding diaryl/α,β-unsaturated/α-hetero) is 1. The SMILES string of the molecule is COc1ccc(/C(O)=C2\C(=O)C(=O)N(CCCN3CCOCC3)[C@@H]2c2ccc(OC(C)C)cc2)cc1. The predicted octanol–water partition coefficient (Wildman–Crippen LogP) is 3.63. The minimum Gasteiger partial charge on any atom is -0.507 e. The molecule has 192 valence electrons. The maximum Gasteiger partial charge on any atom is 0.295 e. The average Bonchev–Trinajstić information content (AvgIpc) is 3.14. The van der Waals surface area contributed by atoms with Crippen LogP contribution in [0.2, 0.25) is 0 Å². The number of ether oxygens (including phenoxy) is 3. The second-order valence-corrected chi connectivity index (χ2v) is 9.26. The Balaban J connectivity index is 1.66. The Morgan fingerprint density at radius 2 is 1.64 bits per heavy atom. The van der Waals surface area contributed by atoms with Crippen LogP contribution in [0.5, 0.6) is 11.5 Å². The van der Waals surface area contributed by atoms with Crippen molar-refractivity contribution in [3.05, 3.63) is 65.2 Å². The van der Waals surface area contributed by atoms with Crippen LogP contribution in [-0.4, -0.2) is 79.2 Å². The Labute approximate surface area is 212 Å². The molecule has 2 aliphatic rings. The first-order valence-corrected chi connectivity index (χ1v) is 12.4. The number of ketones is 1. The first-order chi connectivity index (χ1) is 17.4. The third-order valence-corrected chi connectivity index (χ3v) is 6.45. The predicted molar refractivity (Wildman–Crippen MR) is 136 cm³/mol. The zero-order valence-electron chi connectivity index (χ0n) is 21.1. The molecule has 8 heteroatoms. The van der Waals surface area contributed by atoms with Gasteiger partial charge in [0.1, 0.15) is 17.3 Å². The van der Waals surface area contributed by atoms with Gasteiger partial charge in [0.25, 0.3) is 11.7 Å². The second kappa shape index (κ2) is 11.6. The maximum absolute atomic E-state index is 13.2. The molecule has 0 aromatic heterocycles. The van der Waals surface area contributed by atoms with E-state index in [0.29, 0.717) is 43.2 Å². The molecule has 2 aromatic carbocycles. The summed E-state index contributed by atoms with van der Waals surface area (Å²) in [5, 5.41) is 11.2. The van der Waals surface area contributed by atoms with Crippen LogP contribution >= 0.6 is 0 Å². The normalized spacial score (nSPS) is 20.2. The summed E-state index contributed by atoms with van der Waals surface area (Å²) in [6, 6.07) is 13.4. The Hall–Kier alpha value is -3.36. The number of aliphatic hydroxyl groups is 1. The van der Waals surface area contributed by atoms with Gasteiger partial charge in [0.15, 0.2) is 0 Å². The maximum atomic E-state index is 13.2. The fraction of sp³-hybridized carbons (Fsp3) is 0.429. The van der Waals surface area contributed by atoms with Crippen LogP contribution in [-0.2, 0) is 14.3 Å². The number of benzene rings is 2. The van der Waals surface area contributed by atoms with Crippen molar-refractivity contribution in [1.82, 2.24) is 9.80 Å². The van der Waals surface area contributed by atoms with Crippen molar-refractivity contribution in [1.29, 1.82) is 0 Å². The van der Waals surface area contributed by atoms with E-state index >= 15 is 0 Å². The standard InChI is InChI=1S/C28H34N2O6/c1-19(2)36-23-11-5-20(6-12-23)25-24(26(31)21-7-9-22(34-3)10-8-21)27(32)28(33)30(25)14-4-13-29-15-17-35-18-16-29/h5-12,19,25,31H,4,13-18H2,1-3H3/b26-24+/t25-/m1/s1. The molecule has 2 aliphatic heterocycles. The largest absolute Gasteiger partial charge is 0.507 e. The summed E-state index contributed by atoms with van der Waals surface area (Å²) >= 11 is 0. The molecule has 4 rings (SSSR count). The Bertz CT molecular complexity index is 1090. The minimum atomic E-state index is -0.690. The summed E-state index contributed by atoms with van der Waals surface area (Å²) in [6.07, 6.45) is 0.734. The highest BCUT2D eigenvalue weighted by atomic mass is 16.5. The molecule has 0 radical (unpaired) electrons. The lowest BCUT2D eigenvalue weighted by atomic mass is 9.95. The summed E-state index contributed by atoms with van der Waals surface area (Å²) in [5.41, 5.74) is 1.28. The molecular weight excluding hydrogens is 460 g/mol. The van der Waals surface area contributed by atoms with E-state index in [-0.39, 0.29) is 17.4 Å². The highest BCUT2D eigenvalue weighted by Gasteiger charge is 2.45. The molecule has 8 nitrogen and oxygen atoms in total. The molecule has 1 amide bonds. The van der Waals surface area contributed by atoms with E-state index in [0.717, 1.165) is 25.2 Å². The first kappa shape index (κ1) is 25.7. The zero-order valence-corrected chi connectivity index (χ0v) is 21.1. The van der Waals surface area contributed by atoms with E-state index in [4.69, 9.17) is 14.2 Å². The van der Waals surface area contributed by atoms with Gasteiger partial charge in [-0.2, -0.15) is 0 Å². The summed E-state index contributed by atoms with van der Waals surface area (Å²) in [6.45, 7) is 8.23. The molecule has 2 heterocycles. The number of amides is 1. The topological polar surface area (TPSA) is 88.5 Å². The summed E-state index contributed by atoms with van der Waals surface area (Å²) < 4.78 is 16.4. The van der Waals surface area contributed by atoms with Crippen molar-refractivity contribution < 1.29 is 28.9 Å². The van der Waals surface area contributed by atoms with Crippen molar-refractivity contribution in [2.24, 2.45) is 0 Å². The quantitative estimate of drug-likeness (QED) is 0.324. The van der Waals surface area contributed by atoms with E-state index in [1.165, 1.54) is 0 Å². The van der Waals surface area contributed by atoms with Crippen molar-refractivity contribution in [3.63, 3.8) is 0 Å². The summed E-state index contributed by atoms with van der Waals surface area (Å²) in [7, 11) is 1.56.